The molecule has 0 aliphatic heterocycles. The fraction of sp³-hybridized carbons (Fsp3) is 0.357. The van der Waals surface area contributed by atoms with E-state index >= 15 is 0 Å². The molecule has 96 valence electrons. The lowest BCUT2D eigenvalue weighted by Crippen LogP contribution is -2.05. The Morgan fingerprint density at radius 1 is 1.33 bits per heavy atom. The molecule has 0 aliphatic rings. The van der Waals surface area contributed by atoms with Crippen molar-refractivity contribution in [2.45, 2.75) is 33.6 Å². The highest BCUT2D eigenvalue weighted by Gasteiger charge is 2.18. The van der Waals surface area contributed by atoms with Crippen molar-refractivity contribution in [3.8, 4) is 0 Å². The fourth-order valence-electron chi connectivity index (χ4n) is 2.42. The monoisotopic (exact) mass is 310 g/mol. The molecule has 2 N–H and O–H groups in total. The van der Waals surface area contributed by atoms with Crippen LogP contribution in [0.4, 0.5) is 10.1 Å². The van der Waals surface area contributed by atoms with Crippen molar-refractivity contribution in [2.75, 3.05) is 5.73 Å². The van der Waals surface area contributed by atoms with Crippen molar-refractivity contribution < 1.29 is 4.39 Å². The maximum absolute atomic E-state index is 14.2. The average molecular weight is 311 g/mol. The van der Waals surface area contributed by atoms with Gasteiger partial charge in [-0.2, -0.15) is 0 Å². The highest BCUT2D eigenvalue weighted by Crippen LogP contribution is 2.36. The molecule has 0 saturated heterocycles. The molecule has 0 saturated carbocycles. The van der Waals surface area contributed by atoms with Crippen LogP contribution < -0.4 is 5.73 Å². The quantitative estimate of drug-likeness (QED) is 0.844. The zero-order chi connectivity index (χ0) is 13.6. The molecule has 0 atom stereocenters. The summed E-state index contributed by atoms with van der Waals surface area (Å²) in [5.41, 5.74) is 10.0. The third-order valence-corrected chi connectivity index (χ3v) is 3.77. The first-order valence-corrected chi connectivity index (χ1v) is 6.68. The summed E-state index contributed by atoms with van der Waals surface area (Å²) in [6, 6.07) is 1.73. The minimum absolute atomic E-state index is 0.223. The Balaban J connectivity index is 3.01. The second-order valence-electron chi connectivity index (χ2n) is 4.89. The highest BCUT2D eigenvalue weighted by atomic mass is 79.9. The molecular formula is C14H16BrFN2. The number of nitrogens with two attached hydrogens (primary N) is 1. The number of hydrogen-bond acceptors (Lipinski definition) is 2. The predicted molar refractivity (Wildman–Crippen MR) is 77.4 cm³/mol. The van der Waals surface area contributed by atoms with E-state index in [2.05, 4.69) is 20.9 Å². The maximum Gasteiger partial charge on any atom is 0.148 e. The number of aryl methyl sites for hydroxylation is 2. The number of benzene rings is 1. The van der Waals surface area contributed by atoms with Gasteiger partial charge in [-0.05, 0) is 52.9 Å². The molecule has 0 unspecified atom stereocenters. The number of hydrogen-bond donors (Lipinski definition) is 1. The van der Waals surface area contributed by atoms with Crippen LogP contribution in [0.25, 0.3) is 10.9 Å². The lowest BCUT2D eigenvalue weighted by Gasteiger charge is -2.17. The molecule has 0 aliphatic carbocycles. The minimum Gasteiger partial charge on any atom is -0.398 e. The van der Waals surface area contributed by atoms with Crippen LogP contribution in [0.5, 0.6) is 0 Å². The van der Waals surface area contributed by atoms with Gasteiger partial charge in [-0.25, -0.2) is 4.39 Å². The molecule has 18 heavy (non-hydrogen) atoms. The molecule has 0 spiro atoms. The molecule has 2 aromatic rings. The van der Waals surface area contributed by atoms with Gasteiger partial charge in [-0.3, -0.25) is 4.98 Å². The van der Waals surface area contributed by atoms with E-state index < -0.39 is 0 Å². The van der Waals surface area contributed by atoms with Crippen molar-refractivity contribution >= 4 is 32.5 Å². The summed E-state index contributed by atoms with van der Waals surface area (Å²) in [5.74, 6) is -0.108. The van der Waals surface area contributed by atoms with Gasteiger partial charge in [0.1, 0.15) is 5.82 Å². The van der Waals surface area contributed by atoms with Gasteiger partial charge < -0.3 is 5.73 Å². The van der Waals surface area contributed by atoms with Crippen LogP contribution in [-0.2, 0) is 0 Å². The van der Waals surface area contributed by atoms with Gasteiger partial charge in [0.25, 0.3) is 0 Å². The van der Waals surface area contributed by atoms with Crippen molar-refractivity contribution in [1.82, 2.24) is 4.98 Å². The number of nitrogen functional groups attached to an aromatic ring is 1. The lowest BCUT2D eigenvalue weighted by molar-refractivity contribution is 0.632. The van der Waals surface area contributed by atoms with Gasteiger partial charge in [-0.1, -0.05) is 13.8 Å². The van der Waals surface area contributed by atoms with Gasteiger partial charge in [0.05, 0.1) is 15.4 Å². The SMILES string of the molecule is Cc1nc2c(C)cc(Br)c(F)c2c(N)c1C(C)C. The van der Waals surface area contributed by atoms with E-state index in [9.17, 15) is 4.39 Å². The Morgan fingerprint density at radius 2 is 1.94 bits per heavy atom. The summed E-state index contributed by atoms with van der Waals surface area (Å²) < 4.78 is 14.7. The van der Waals surface area contributed by atoms with Gasteiger partial charge in [-0.15, -0.1) is 0 Å². The molecule has 1 heterocycles. The average Bonchev–Trinajstić information content (AvgIpc) is 2.25. The number of anilines is 1. The summed E-state index contributed by atoms with van der Waals surface area (Å²) in [7, 11) is 0. The zero-order valence-corrected chi connectivity index (χ0v) is 12.5. The second kappa shape index (κ2) is 4.50. The number of pyridine rings is 1. The maximum atomic E-state index is 14.2. The molecule has 0 radical (unpaired) electrons. The second-order valence-corrected chi connectivity index (χ2v) is 5.75. The van der Waals surface area contributed by atoms with E-state index in [1.165, 1.54) is 0 Å². The Hall–Kier alpha value is -1.16. The van der Waals surface area contributed by atoms with Crippen molar-refractivity contribution in [1.29, 1.82) is 0 Å². The van der Waals surface area contributed by atoms with Gasteiger partial charge in [0.2, 0.25) is 0 Å². The minimum atomic E-state index is -0.331. The number of halogens is 2. The molecular weight excluding hydrogens is 295 g/mol. The molecule has 0 bridgehead atoms. The first-order chi connectivity index (χ1) is 8.34. The van der Waals surface area contributed by atoms with E-state index in [0.717, 1.165) is 16.8 Å². The summed E-state index contributed by atoms with van der Waals surface area (Å²) in [6.07, 6.45) is 0. The van der Waals surface area contributed by atoms with E-state index in [-0.39, 0.29) is 11.7 Å². The summed E-state index contributed by atoms with van der Waals surface area (Å²) in [4.78, 5) is 4.52. The number of aromatic nitrogens is 1. The Kier molecular flexibility index (Phi) is 3.32. The molecule has 4 heteroatoms. The molecule has 1 aromatic heterocycles. The van der Waals surface area contributed by atoms with Crippen molar-refractivity contribution in [3.05, 3.63) is 33.2 Å². The fourth-order valence-corrected chi connectivity index (χ4v) is 2.96. The van der Waals surface area contributed by atoms with Gasteiger partial charge in [0.15, 0.2) is 0 Å². The van der Waals surface area contributed by atoms with E-state index in [1.54, 1.807) is 6.07 Å². The van der Waals surface area contributed by atoms with Crippen LogP contribution in [-0.4, -0.2) is 4.98 Å². The summed E-state index contributed by atoms with van der Waals surface area (Å²) in [6.45, 7) is 7.90. The smallest absolute Gasteiger partial charge is 0.148 e. The summed E-state index contributed by atoms with van der Waals surface area (Å²) >= 11 is 3.22. The first-order valence-electron chi connectivity index (χ1n) is 5.88. The van der Waals surface area contributed by atoms with Crippen LogP contribution in [0.15, 0.2) is 10.5 Å². The normalized spacial score (nSPS) is 11.5. The topological polar surface area (TPSA) is 38.9 Å². The van der Waals surface area contributed by atoms with Crippen LogP contribution in [0.3, 0.4) is 0 Å². The summed E-state index contributed by atoms with van der Waals surface area (Å²) in [5, 5.41) is 0.427. The number of nitrogens with zero attached hydrogens (tertiary/aromatic N) is 1. The molecule has 2 nitrogen and oxygen atoms in total. The standard InChI is InChI=1S/C14H16BrFN2/c1-6(2)10-8(4)18-14-7(3)5-9(15)12(16)11(14)13(10)17/h5-6H,1-4H3,(H2,17,18). The number of fused-ring (bicyclic) bond motifs is 1. The lowest BCUT2D eigenvalue weighted by atomic mass is 9.96. The molecule has 1 aromatic carbocycles. The Labute approximate surface area is 115 Å². The first kappa shape index (κ1) is 13.3. The molecule has 0 fully saturated rings. The van der Waals surface area contributed by atoms with Crippen LogP contribution in [0.1, 0.15) is 36.6 Å². The number of rotatable bonds is 1. The van der Waals surface area contributed by atoms with Crippen LogP contribution >= 0.6 is 15.9 Å². The predicted octanol–water partition coefficient (Wildman–Crippen LogP) is 4.46. The third-order valence-electron chi connectivity index (χ3n) is 3.19. The van der Waals surface area contributed by atoms with E-state index in [4.69, 9.17) is 5.73 Å². The van der Waals surface area contributed by atoms with Crippen molar-refractivity contribution in [3.63, 3.8) is 0 Å². The van der Waals surface area contributed by atoms with Crippen LogP contribution in [0, 0.1) is 19.7 Å². The van der Waals surface area contributed by atoms with E-state index in [0.29, 0.717) is 21.1 Å². The van der Waals surface area contributed by atoms with E-state index in [1.807, 2.05) is 27.7 Å². The highest BCUT2D eigenvalue weighted by molar-refractivity contribution is 9.10. The van der Waals surface area contributed by atoms with Gasteiger partial charge in [0, 0.05) is 11.4 Å². The zero-order valence-electron chi connectivity index (χ0n) is 10.9. The third kappa shape index (κ3) is 1.88. The van der Waals surface area contributed by atoms with Crippen LogP contribution in [0.2, 0.25) is 0 Å². The molecule has 0 amide bonds. The Morgan fingerprint density at radius 3 is 2.50 bits per heavy atom. The Bertz CT molecular complexity index is 636. The largest absolute Gasteiger partial charge is 0.398 e. The van der Waals surface area contributed by atoms with Gasteiger partial charge >= 0.3 is 0 Å². The van der Waals surface area contributed by atoms with Crippen molar-refractivity contribution in [2.24, 2.45) is 0 Å². The molecule has 2 rings (SSSR count).